The quantitative estimate of drug-likeness (QED) is 0.483. The summed E-state index contributed by atoms with van der Waals surface area (Å²) >= 11 is 0. The molecule has 28 heavy (non-hydrogen) atoms. The molecule has 3 aromatic heterocycles. The van der Waals surface area contributed by atoms with Crippen molar-refractivity contribution in [3.8, 4) is 0 Å². The standard InChI is InChI=1S/C19H14F2N6O/c1-2-26-18(28)11-5-3-4-6-15(11)27-17(23-24-19(26)27)9-25-10-22-14-7-12(20)13(21)8-16(14)25/h3-8,10H,2,9H2,1H3. The zero-order valence-electron chi connectivity index (χ0n) is 14.8. The summed E-state index contributed by atoms with van der Waals surface area (Å²) < 4.78 is 32.2. The van der Waals surface area contributed by atoms with Gasteiger partial charge in [-0.25, -0.2) is 13.8 Å². The molecule has 0 aliphatic carbocycles. The number of hydrogen-bond acceptors (Lipinski definition) is 4. The fourth-order valence-corrected chi connectivity index (χ4v) is 3.53. The molecule has 0 radical (unpaired) electrons. The lowest BCUT2D eigenvalue weighted by Gasteiger charge is -2.10. The molecule has 0 spiro atoms. The summed E-state index contributed by atoms with van der Waals surface area (Å²) in [6, 6.07) is 9.41. The number of halogens is 2. The number of rotatable bonds is 3. The molecule has 0 aliphatic heterocycles. The second kappa shape index (κ2) is 5.95. The molecule has 9 heteroatoms. The molecular weight excluding hydrogens is 366 g/mol. The van der Waals surface area contributed by atoms with Gasteiger partial charge in [0.05, 0.1) is 34.8 Å². The van der Waals surface area contributed by atoms with Crippen molar-refractivity contribution >= 4 is 27.7 Å². The van der Waals surface area contributed by atoms with E-state index in [-0.39, 0.29) is 12.1 Å². The SMILES string of the molecule is CCn1c(=O)c2ccccc2n2c(Cn3cnc4cc(F)c(F)cc43)nnc12. The van der Waals surface area contributed by atoms with E-state index in [1.54, 1.807) is 21.3 Å². The molecule has 0 unspecified atom stereocenters. The molecule has 0 bridgehead atoms. The maximum Gasteiger partial charge on any atom is 0.262 e. The number of nitrogens with zero attached hydrogens (tertiary/aromatic N) is 6. The highest BCUT2D eigenvalue weighted by molar-refractivity contribution is 5.80. The van der Waals surface area contributed by atoms with Gasteiger partial charge in [-0.15, -0.1) is 10.2 Å². The Hall–Kier alpha value is -3.62. The van der Waals surface area contributed by atoms with Gasteiger partial charge in [-0.05, 0) is 19.1 Å². The third kappa shape index (κ3) is 2.25. The molecular formula is C19H14F2N6O. The first-order valence-electron chi connectivity index (χ1n) is 8.74. The predicted molar refractivity (Wildman–Crippen MR) is 99.2 cm³/mol. The van der Waals surface area contributed by atoms with E-state index in [2.05, 4.69) is 15.2 Å². The van der Waals surface area contributed by atoms with Crippen molar-refractivity contribution in [1.82, 2.24) is 28.7 Å². The summed E-state index contributed by atoms with van der Waals surface area (Å²) in [5.41, 5.74) is 1.36. The van der Waals surface area contributed by atoms with Gasteiger partial charge in [-0.2, -0.15) is 0 Å². The molecule has 7 nitrogen and oxygen atoms in total. The Morgan fingerprint density at radius 3 is 2.64 bits per heavy atom. The molecule has 0 aliphatic rings. The second-order valence-electron chi connectivity index (χ2n) is 6.45. The van der Waals surface area contributed by atoms with Crippen molar-refractivity contribution in [3.63, 3.8) is 0 Å². The van der Waals surface area contributed by atoms with Gasteiger partial charge >= 0.3 is 0 Å². The smallest absolute Gasteiger partial charge is 0.262 e. The summed E-state index contributed by atoms with van der Waals surface area (Å²) in [4.78, 5) is 16.9. The molecule has 0 N–H and O–H groups in total. The van der Waals surface area contributed by atoms with E-state index in [0.717, 1.165) is 12.1 Å². The molecule has 2 aromatic carbocycles. The third-order valence-electron chi connectivity index (χ3n) is 4.87. The number of para-hydroxylation sites is 1. The highest BCUT2D eigenvalue weighted by Gasteiger charge is 2.17. The zero-order chi connectivity index (χ0) is 19.4. The van der Waals surface area contributed by atoms with Gasteiger partial charge in [0, 0.05) is 18.7 Å². The van der Waals surface area contributed by atoms with Crippen LogP contribution < -0.4 is 5.56 Å². The number of aromatic nitrogens is 6. The lowest BCUT2D eigenvalue weighted by Crippen LogP contribution is -2.22. The van der Waals surface area contributed by atoms with Gasteiger partial charge in [0.2, 0.25) is 5.78 Å². The van der Waals surface area contributed by atoms with Crippen LogP contribution in [0, 0.1) is 11.6 Å². The molecule has 5 aromatic rings. The topological polar surface area (TPSA) is 70.0 Å². The molecule has 0 saturated heterocycles. The van der Waals surface area contributed by atoms with Crippen LogP contribution >= 0.6 is 0 Å². The van der Waals surface area contributed by atoms with E-state index in [4.69, 9.17) is 0 Å². The Kier molecular flexibility index (Phi) is 3.51. The number of imidazole rings is 1. The van der Waals surface area contributed by atoms with Crippen molar-refractivity contribution in [1.29, 1.82) is 0 Å². The molecule has 0 fully saturated rings. The van der Waals surface area contributed by atoms with Gasteiger partial charge in [-0.3, -0.25) is 13.8 Å². The van der Waals surface area contributed by atoms with E-state index >= 15 is 0 Å². The third-order valence-corrected chi connectivity index (χ3v) is 4.87. The lowest BCUT2D eigenvalue weighted by molar-refractivity contribution is 0.510. The zero-order valence-corrected chi connectivity index (χ0v) is 14.8. The fraction of sp³-hybridized carbons (Fsp3) is 0.158. The Balaban J connectivity index is 1.76. The normalized spacial score (nSPS) is 11.8. The predicted octanol–water partition coefficient (Wildman–Crippen LogP) is 2.74. The molecule has 5 rings (SSSR count). The van der Waals surface area contributed by atoms with Gasteiger partial charge in [0.15, 0.2) is 17.5 Å². The molecule has 0 atom stereocenters. The Morgan fingerprint density at radius 2 is 1.82 bits per heavy atom. The van der Waals surface area contributed by atoms with Crippen LogP contribution in [0.1, 0.15) is 12.7 Å². The maximum absolute atomic E-state index is 13.7. The number of benzene rings is 2. The van der Waals surface area contributed by atoms with Crippen LogP contribution in [0.25, 0.3) is 27.7 Å². The number of aryl methyl sites for hydroxylation is 1. The van der Waals surface area contributed by atoms with E-state index in [1.165, 1.54) is 6.33 Å². The Morgan fingerprint density at radius 1 is 1.04 bits per heavy atom. The van der Waals surface area contributed by atoms with E-state index < -0.39 is 11.6 Å². The average molecular weight is 380 g/mol. The highest BCUT2D eigenvalue weighted by atomic mass is 19.2. The van der Waals surface area contributed by atoms with Crippen LogP contribution in [-0.4, -0.2) is 28.7 Å². The van der Waals surface area contributed by atoms with E-state index in [1.807, 2.05) is 23.5 Å². The van der Waals surface area contributed by atoms with E-state index in [0.29, 0.717) is 40.1 Å². The van der Waals surface area contributed by atoms with Crippen LogP contribution in [0.2, 0.25) is 0 Å². The lowest BCUT2D eigenvalue weighted by atomic mass is 10.2. The summed E-state index contributed by atoms with van der Waals surface area (Å²) in [6.07, 6.45) is 1.50. The Bertz CT molecular complexity index is 1430. The number of hydrogen-bond donors (Lipinski definition) is 0. The van der Waals surface area contributed by atoms with Gasteiger partial charge in [0.25, 0.3) is 5.56 Å². The summed E-state index contributed by atoms with van der Waals surface area (Å²) in [6.45, 7) is 2.55. The van der Waals surface area contributed by atoms with Crippen molar-refractivity contribution in [2.24, 2.45) is 0 Å². The van der Waals surface area contributed by atoms with Crippen LogP contribution in [-0.2, 0) is 13.1 Å². The molecule has 3 heterocycles. The van der Waals surface area contributed by atoms with Gasteiger partial charge < -0.3 is 4.57 Å². The minimum atomic E-state index is -0.941. The Labute approximate surface area is 156 Å². The maximum atomic E-state index is 13.7. The minimum Gasteiger partial charge on any atom is -0.323 e. The molecule has 140 valence electrons. The summed E-state index contributed by atoms with van der Waals surface area (Å²) in [5, 5.41) is 9.01. The first kappa shape index (κ1) is 16.5. The van der Waals surface area contributed by atoms with Crippen LogP contribution in [0.5, 0.6) is 0 Å². The van der Waals surface area contributed by atoms with Crippen LogP contribution in [0.3, 0.4) is 0 Å². The molecule has 0 amide bonds. The van der Waals surface area contributed by atoms with Crippen LogP contribution in [0.15, 0.2) is 47.5 Å². The highest BCUT2D eigenvalue weighted by Crippen LogP contribution is 2.20. The number of fused-ring (bicyclic) bond motifs is 4. The van der Waals surface area contributed by atoms with Gasteiger partial charge in [-0.1, -0.05) is 12.1 Å². The van der Waals surface area contributed by atoms with Gasteiger partial charge in [0.1, 0.15) is 0 Å². The summed E-state index contributed by atoms with van der Waals surface area (Å²) in [7, 11) is 0. The average Bonchev–Trinajstić information content (AvgIpc) is 3.28. The second-order valence-corrected chi connectivity index (χ2v) is 6.45. The fourth-order valence-electron chi connectivity index (χ4n) is 3.53. The summed E-state index contributed by atoms with van der Waals surface area (Å²) in [5.74, 6) is -0.894. The van der Waals surface area contributed by atoms with Crippen molar-refractivity contribution in [3.05, 3.63) is 70.5 Å². The monoisotopic (exact) mass is 380 g/mol. The van der Waals surface area contributed by atoms with Crippen molar-refractivity contribution in [2.45, 2.75) is 20.0 Å². The largest absolute Gasteiger partial charge is 0.323 e. The molecule has 0 saturated carbocycles. The van der Waals surface area contributed by atoms with Crippen LogP contribution in [0.4, 0.5) is 8.78 Å². The first-order valence-corrected chi connectivity index (χ1v) is 8.74. The first-order chi connectivity index (χ1) is 13.6. The van der Waals surface area contributed by atoms with E-state index in [9.17, 15) is 13.6 Å². The minimum absolute atomic E-state index is 0.129. The van der Waals surface area contributed by atoms with Crippen molar-refractivity contribution in [2.75, 3.05) is 0 Å². The van der Waals surface area contributed by atoms with Crippen molar-refractivity contribution < 1.29 is 8.78 Å².